The maximum Gasteiger partial charge on any atom is 0.137 e. The summed E-state index contributed by atoms with van der Waals surface area (Å²) < 4.78 is 1.87. The zero-order valence-electron chi connectivity index (χ0n) is 12.9. The average Bonchev–Trinajstić information content (AvgIpc) is 3.01. The van der Waals surface area contributed by atoms with Gasteiger partial charge in [0.2, 0.25) is 0 Å². The average molecular weight is 368 g/mol. The van der Waals surface area contributed by atoms with Crippen molar-refractivity contribution in [2.45, 2.75) is 6.54 Å². The topological polar surface area (TPSA) is 66.0 Å². The van der Waals surface area contributed by atoms with Crippen LogP contribution in [0, 0.1) is 11.3 Å². The molecule has 0 aliphatic rings. The highest BCUT2D eigenvalue weighted by atomic mass is 35.5. The monoisotopic (exact) mass is 367 g/mol. The van der Waals surface area contributed by atoms with Crippen LogP contribution in [0.1, 0.15) is 11.3 Å². The van der Waals surface area contributed by atoms with Crippen LogP contribution in [0.15, 0.2) is 48.9 Å². The Morgan fingerprint density at radius 2 is 1.96 bits per heavy atom. The number of benzene rings is 1. The second kappa shape index (κ2) is 6.25. The number of nitrogens with zero attached hydrogens (tertiary/aromatic N) is 4. The van der Waals surface area contributed by atoms with Gasteiger partial charge in [-0.3, -0.25) is 4.98 Å². The van der Waals surface area contributed by atoms with E-state index in [-0.39, 0.29) is 0 Å². The van der Waals surface area contributed by atoms with Crippen LogP contribution in [-0.4, -0.2) is 14.4 Å². The standard InChI is InChI=1S/C18H11Cl2N5/c19-12-1-3-16-15(5-12)18(11(6-21)7-22-16)23-8-14-10-25-9-13(20)2-4-17(25)24-14/h1-5,7,9-10H,8H2,(H,22,23). The van der Waals surface area contributed by atoms with Crippen LogP contribution in [0.5, 0.6) is 0 Å². The van der Waals surface area contributed by atoms with Crippen LogP contribution in [-0.2, 0) is 6.54 Å². The SMILES string of the molecule is N#Cc1cnc2ccc(Cl)cc2c1NCc1cn2cc(Cl)ccc2n1. The molecule has 0 bridgehead atoms. The number of aromatic nitrogens is 3. The first-order valence-electron chi connectivity index (χ1n) is 7.49. The summed E-state index contributed by atoms with van der Waals surface area (Å²) in [6.07, 6.45) is 5.26. The molecule has 4 aromatic rings. The molecule has 0 aliphatic carbocycles. The number of nitriles is 1. The van der Waals surface area contributed by atoms with Crippen molar-refractivity contribution in [3.05, 3.63) is 70.2 Å². The van der Waals surface area contributed by atoms with Crippen molar-refractivity contribution in [2.75, 3.05) is 5.32 Å². The molecular formula is C18H11Cl2N5. The van der Waals surface area contributed by atoms with Crippen LogP contribution in [0.3, 0.4) is 0 Å². The van der Waals surface area contributed by atoms with E-state index in [1.165, 1.54) is 0 Å². The summed E-state index contributed by atoms with van der Waals surface area (Å²) in [7, 11) is 0. The zero-order chi connectivity index (χ0) is 17.4. The van der Waals surface area contributed by atoms with Crippen molar-refractivity contribution in [3.63, 3.8) is 0 Å². The number of anilines is 1. The highest BCUT2D eigenvalue weighted by Crippen LogP contribution is 2.28. The summed E-state index contributed by atoms with van der Waals surface area (Å²) in [5.41, 5.74) is 3.57. The van der Waals surface area contributed by atoms with Gasteiger partial charge in [-0.25, -0.2) is 4.98 Å². The lowest BCUT2D eigenvalue weighted by Crippen LogP contribution is -2.03. The van der Waals surface area contributed by atoms with Crippen LogP contribution in [0.4, 0.5) is 5.69 Å². The molecule has 5 nitrogen and oxygen atoms in total. The number of rotatable bonds is 3. The van der Waals surface area contributed by atoms with Crippen molar-refractivity contribution in [2.24, 2.45) is 0 Å². The molecule has 3 heterocycles. The second-order valence-electron chi connectivity index (χ2n) is 5.52. The molecule has 1 aromatic carbocycles. The van der Waals surface area contributed by atoms with Gasteiger partial charge in [-0.15, -0.1) is 0 Å². The van der Waals surface area contributed by atoms with E-state index in [4.69, 9.17) is 23.2 Å². The third kappa shape index (κ3) is 2.98. The van der Waals surface area contributed by atoms with E-state index in [0.717, 1.165) is 22.2 Å². The molecule has 0 saturated carbocycles. The minimum Gasteiger partial charge on any atom is -0.378 e. The quantitative estimate of drug-likeness (QED) is 0.571. The van der Waals surface area contributed by atoms with E-state index < -0.39 is 0 Å². The molecule has 0 spiro atoms. The lowest BCUT2D eigenvalue weighted by Gasteiger charge is -2.10. The third-order valence-electron chi connectivity index (χ3n) is 3.86. The van der Waals surface area contributed by atoms with Crippen molar-refractivity contribution in [1.29, 1.82) is 5.26 Å². The molecule has 0 radical (unpaired) electrons. The Balaban J connectivity index is 1.72. The van der Waals surface area contributed by atoms with E-state index in [1.54, 1.807) is 30.6 Å². The molecule has 0 unspecified atom stereocenters. The number of hydrogen-bond donors (Lipinski definition) is 1. The lowest BCUT2D eigenvalue weighted by molar-refractivity contribution is 1.08. The maximum absolute atomic E-state index is 9.39. The van der Waals surface area contributed by atoms with Gasteiger partial charge in [0.05, 0.1) is 34.0 Å². The van der Waals surface area contributed by atoms with Crippen LogP contribution in [0.2, 0.25) is 10.0 Å². The molecule has 7 heteroatoms. The lowest BCUT2D eigenvalue weighted by atomic mass is 10.1. The number of imidazole rings is 1. The van der Waals surface area contributed by atoms with E-state index in [0.29, 0.717) is 27.8 Å². The van der Waals surface area contributed by atoms with Crippen molar-refractivity contribution in [3.8, 4) is 6.07 Å². The van der Waals surface area contributed by atoms with E-state index in [9.17, 15) is 5.26 Å². The van der Waals surface area contributed by atoms with Gasteiger partial charge in [-0.05, 0) is 30.3 Å². The number of halogens is 2. The number of fused-ring (bicyclic) bond motifs is 2. The smallest absolute Gasteiger partial charge is 0.137 e. The highest BCUT2D eigenvalue weighted by Gasteiger charge is 2.10. The van der Waals surface area contributed by atoms with Gasteiger partial charge in [0.15, 0.2) is 0 Å². The van der Waals surface area contributed by atoms with Gasteiger partial charge in [-0.2, -0.15) is 5.26 Å². The molecule has 0 saturated heterocycles. The molecule has 0 amide bonds. The Morgan fingerprint density at radius 1 is 1.12 bits per heavy atom. The highest BCUT2D eigenvalue weighted by molar-refractivity contribution is 6.31. The summed E-state index contributed by atoms with van der Waals surface area (Å²) in [5, 5.41) is 14.7. The van der Waals surface area contributed by atoms with E-state index >= 15 is 0 Å². The predicted octanol–water partition coefficient (Wildman–Crippen LogP) is 4.67. The summed E-state index contributed by atoms with van der Waals surface area (Å²) >= 11 is 12.1. The third-order valence-corrected chi connectivity index (χ3v) is 4.32. The van der Waals surface area contributed by atoms with Crippen molar-refractivity contribution >= 4 is 45.4 Å². The first-order chi connectivity index (χ1) is 12.1. The number of nitrogens with one attached hydrogen (secondary N) is 1. The first-order valence-corrected chi connectivity index (χ1v) is 8.25. The fourth-order valence-electron chi connectivity index (χ4n) is 2.72. The van der Waals surface area contributed by atoms with Gasteiger partial charge in [0, 0.05) is 29.0 Å². The Labute approximate surface area is 153 Å². The Hall–Kier alpha value is -2.81. The van der Waals surface area contributed by atoms with Crippen LogP contribution in [0.25, 0.3) is 16.6 Å². The summed E-state index contributed by atoms with van der Waals surface area (Å²) in [6.45, 7) is 0.458. The molecule has 0 fully saturated rings. The molecule has 0 atom stereocenters. The fourth-order valence-corrected chi connectivity index (χ4v) is 3.06. The molecular weight excluding hydrogens is 357 g/mol. The summed E-state index contributed by atoms with van der Waals surface area (Å²) in [5.74, 6) is 0. The first kappa shape index (κ1) is 15.7. The minimum absolute atomic E-state index is 0.458. The minimum atomic E-state index is 0.458. The zero-order valence-corrected chi connectivity index (χ0v) is 14.4. The van der Waals surface area contributed by atoms with Crippen LogP contribution >= 0.6 is 23.2 Å². The summed E-state index contributed by atoms with van der Waals surface area (Å²) in [6, 6.07) is 11.2. The van der Waals surface area contributed by atoms with Gasteiger partial charge in [0.1, 0.15) is 11.7 Å². The van der Waals surface area contributed by atoms with Crippen molar-refractivity contribution in [1.82, 2.24) is 14.4 Å². The largest absolute Gasteiger partial charge is 0.378 e. The molecule has 4 rings (SSSR count). The van der Waals surface area contributed by atoms with Crippen LogP contribution < -0.4 is 5.32 Å². The molecule has 0 aliphatic heterocycles. The van der Waals surface area contributed by atoms with E-state index in [1.807, 2.05) is 22.7 Å². The fraction of sp³-hybridized carbons (Fsp3) is 0.0556. The normalized spacial score (nSPS) is 10.9. The molecule has 25 heavy (non-hydrogen) atoms. The Morgan fingerprint density at radius 3 is 2.80 bits per heavy atom. The Bertz CT molecular complexity index is 1140. The van der Waals surface area contributed by atoms with Gasteiger partial charge in [0.25, 0.3) is 0 Å². The predicted molar refractivity (Wildman–Crippen MR) is 99.0 cm³/mol. The van der Waals surface area contributed by atoms with Gasteiger partial charge >= 0.3 is 0 Å². The number of hydrogen-bond acceptors (Lipinski definition) is 4. The number of pyridine rings is 2. The Kier molecular flexibility index (Phi) is 3.92. The van der Waals surface area contributed by atoms with Gasteiger partial charge < -0.3 is 9.72 Å². The van der Waals surface area contributed by atoms with Crippen molar-refractivity contribution < 1.29 is 0 Å². The summed E-state index contributed by atoms with van der Waals surface area (Å²) in [4.78, 5) is 8.84. The molecule has 122 valence electrons. The van der Waals surface area contributed by atoms with E-state index in [2.05, 4.69) is 21.4 Å². The molecule has 1 N–H and O–H groups in total. The maximum atomic E-state index is 9.39. The molecule has 3 aromatic heterocycles. The van der Waals surface area contributed by atoms with Gasteiger partial charge in [-0.1, -0.05) is 23.2 Å². The second-order valence-corrected chi connectivity index (χ2v) is 6.39.